The van der Waals surface area contributed by atoms with Crippen molar-refractivity contribution in [2.75, 3.05) is 57.4 Å². The summed E-state index contributed by atoms with van der Waals surface area (Å²) in [5.74, 6) is 0.315. The van der Waals surface area contributed by atoms with E-state index in [2.05, 4.69) is 156 Å². The Hall–Kier alpha value is -6.33. The summed E-state index contributed by atoms with van der Waals surface area (Å²) in [6.07, 6.45) is 14.3. The molecule has 0 fully saturated rings. The summed E-state index contributed by atoms with van der Waals surface area (Å²) in [5, 5.41) is 8.26. The monoisotopic (exact) mass is 1000 g/mol. The van der Waals surface area contributed by atoms with Crippen LogP contribution in [0.15, 0.2) is 138 Å². The van der Waals surface area contributed by atoms with E-state index in [0.717, 1.165) is 49.2 Å². The zero-order valence-electron chi connectivity index (χ0n) is 44.7. The van der Waals surface area contributed by atoms with Crippen molar-refractivity contribution in [2.24, 2.45) is 0 Å². The predicted molar refractivity (Wildman–Crippen MR) is 301 cm³/mol. The standard InChI is InChI=1S/C63H73N3O6S/c1-11-65-55-31-29-51-45(4)38-43(2)40-53(51)60(55)62(6,7)57(65)18-14-12-15-19-58-63(8,9)61-54-41-44(3)39-46(5)52(54)30-32-56(61)66(58)34-17-13-16-20-59(67)64-33-35-71-36-37-72-42-73(68,69)50-27-23-48(24-28-50)47-21-25-49(70-10)26-22-47/h12,14-15,18-19,21-32,38-41H,11,13,16-17,20,33-37,42H2,1-10H3/p+1. The van der Waals surface area contributed by atoms with Gasteiger partial charge in [0.15, 0.2) is 11.7 Å². The lowest BCUT2D eigenvalue weighted by Crippen LogP contribution is -2.28. The second-order valence-corrected chi connectivity index (χ2v) is 22.7. The molecule has 0 aromatic heterocycles. The normalized spacial score (nSPS) is 15.6. The number of hydrogen-bond donors (Lipinski definition) is 1. The molecule has 73 heavy (non-hydrogen) atoms. The van der Waals surface area contributed by atoms with Gasteiger partial charge in [-0.05, 0) is 153 Å². The van der Waals surface area contributed by atoms with Crippen LogP contribution in [0.3, 0.4) is 0 Å². The Balaban J connectivity index is 0.837. The Morgan fingerprint density at radius 2 is 1.32 bits per heavy atom. The van der Waals surface area contributed by atoms with E-state index in [4.69, 9.17) is 14.2 Å². The summed E-state index contributed by atoms with van der Waals surface area (Å²) < 4.78 is 44.5. The Labute approximate surface area is 434 Å². The molecule has 0 bridgehead atoms. The number of fused-ring (bicyclic) bond motifs is 6. The van der Waals surface area contributed by atoms with Gasteiger partial charge in [-0.15, -0.1) is 0 Å². The van der Waals surface area contributed by atoms with Crippen LogP contribution in [0.4, 0.5) is 11.4 Å². The van der Waals surface area contributed by atoms with Gasteiger partial charge in [-0.25, -0.2) is 8.42 Å². The molecule has 0 saturated heterocycles. The molecule has 2 aliphatic rings. The number of methoxy groups -OCH3 is 1. The first-order valence-corrected chi connectivity index (χ1v) is 27.6. The van der Waals surface area contributed by atoms with Crippen molar-refractivity contribution in [3.05, 3.63) is 167 Å². The highest BCUT2D eigenvalue weighted by molar-refractivity contribution is 7.91. The van der Waals surface area contributed by atoms with Crippen LogP contribution in [0, 0.1) is 27.7 Å². The molecule has 1 amide bonds. The van der Waals surface area contributed by atoms with Crippen LogP contribution in [0.2, 0.25) is 0 Å². The third kappa shape index (κ3) is 11.3. The minimum absolute atomic E-state index is 0.00349. The topological polar surface area (TPSA) is 97.2 Å². The number of anilines is 1. The lowest BCUT2D eigenvalue weighted by Gasteiger charge is -2.26. The maximum Gasteiger partial charge on any atom is 0.220 e. The highest BCUT2D eigenvalue weighted by atomic mass is 32.2. The fourth-order valence-corrected chi connectivity index (χ4v) is 12.3. The number of likely N-dealkylation sites (N-methyl/N-ethyl adjacent to an activating group) is 1. The second-order valence-electron chi connectivity index (χ2n) is 20.8. The molecule has 10 heteroatoms. The molecular weight excluding hydrogens is 927 g/mol. The Bertz CT molecular complexity index is 3250. The maximum atomic E-state index is 12.9. The molecular formula is C63H74N3O6S+. The van der Waals surface area contributed by atoms with E-state index < -0.39 is 15.8 Å². The fourth-order valence-electron chi connectivity index (χ4n) is 11.2. The average molecular weight is 1000 g/mol. The summed E-state index contributed by atoms with van der Waals surface area (Å²) in [4.78, 5) is 15.5. The lowest BCUT2D eigenvalue weighted by atomic mass is 9.78. The lowest BCUT2D eigenvalue weighted by molar-refractivity contribution is -0.438. The van der Waals surface area contributed by atoms with Crippen molar-refractivity contribution < 1.29 is 32.0 Å². The molecule has 0 aliphatic carbocycles. The van der Waals surface area contributed by atoms with E-state index in [1.54, 1.807) is 31.4 Å². The number of allylic oxidation sites excluding steroid dienone is 6. The molecule has 2 aliphatic heterocycles. The van der Waals surface area contributed by atoms with Crippen molar-refractivity contribution in [2.45, 2.75) is 104 Å². The van der Waals surface area contributed by atoms with Crippen LogP contribution in [0.5, 0.6) is 5.75 Å². The van der Waals surface area contributed by atoms with E-state index >= 15 is 0 Å². The van der Waals surface area contributed by atoms with Crippen molar-refractivity contribution in [1.82, 2.24) is 5.32 Å². The van der Waals surface area contributed by atoms with Gasteiger partial charge in [-0.3, -0.25) is 4.79 Å². The summed E-state index contributed by atoms with van der Waals surface area (Å²) in [6, 6.07) is 32.8. The van der Waals surface area contributed by atoms with E-state index in [9.17, 15) is 13.2 Å². The van der Waals surface area contributed by atoms with Crippen LogP contribution < -0.4 is 15.0 Å². The zero-order chi connectivity index (χ0) is 52.1. The number of benzene rings is 6. The van der Waals surface area contributed by atoms with Gasteiger partial charge in [0.1, 0.15) is 12.3 Å². The van der Waals surface area contributed by atoms with Crippen LogP contribution >= 0.6 is 0 Å². The molecule has 1 N–H and O–H groups in total. The third-order valence-electron chi connectivity index (χ3n) is 14.8. The smallest absolute Gasteiger partial charge is 0.220 e. The number of nitrogens with one attached hydrogen (secondary N) is 1. The first-order chi connectivity index (χ1) is 35.0. The van der Waals surface area contributed by atoms with Gasteiger partial charge in [0.2, 0.25) is 21.4 Å². The van der Waals surface area contributed by atoms with Gasteiger partial charge in [0, 0.05) is 60.4 Å². The quantitative estimate of drug-likeness (QED) is 0.0436. The number of aryl methyl sites for hydroxylation is 4. The van der Waals surface area contributed by atoms with E-state index in [1.807, 2.05) is 24.3 Å². The Kier molecular flexibility index (Phi) is 16.3. The minimum Gasteiger partial charge on any atom is -0.497 e. The number of carbonyl (C=O) groups excluding carboxylic acids is 1. The van der Waals surface area contributed by atoms with Gasteiger partial charge in [0.05, 0.1) is 37.2 Å². The first-order valence-electron chi connectivity index (χ1n) is 25.9. The molecule has 0 spiro atoms. The summed E-state index contributed by atoms with van der Waals surface area (Å²) in [5.41, 5.74) is 14.6. The van der Waals surface area contributed by atoms with Gasteiger partial charge >= 0.3 is 0 Å². The van der Waals surface area contributed by atoms with E-state index in [1.165, 1.54) is 77.7 Å². The molecule has 382 valence electrons. The number of carbonyl (C=O) groups is 1. The number of hydrogen-bond acceptors (Lipinski definition) is 7. The van der Waals surface area contributed by atoms with Crippen molar-refractivity contribution in [1.29, 1.82) is 0 Å². The molecule has 9 nitrogen and oxygen atoms in total. The third-order valence-corrected chi connectivity index (χ3v) is 16.2. The van der Waals surface area contributed by atoms with Crippen LogP contribution in [-0.2, 0) is 34.9 Å². The van der Waals surface area contributed by atoms with E-state index in [0.29, 0.717) is 19.6 Å². The van der Waals surface area contributed by atoms with Crippen molar-refractivity contribution >= 4 is 54.4 Å². The number of nitrogens with zero attached hydrogens (tertiary/aromatic N) is 2. The first kappa shape index (κ1) is 53.0. The fraction of sp³-hybridized carbons (Fsp3) is 0.365. The van der Waals surface area contributed by atoms with Gasteiger partial charge < -0.3 is 24.4 Å². The molecule has 0 atom stereocenters. The molecule has 0 saturated carbocycles. The molecule has 0 radical (unpaired) electrons. The summed E-state index contributed by atoms with van der Waals surface area (Å²) in [6.45, 7) is 23.3. The highest BCUT2D eigenvalue weighted by Gasteiger charge is 2.45. The molecule has 6 aromatic rings. The van der Waals surface area contributed by atoms with Crippen LogP contribution in [0.25, 0.3) is 32.7 Å². The number of ether oxygens (including phenoxy) is 3. The largest absolute Gasteiger partial charge is 0.497 e. The molecule has 8 rings (SSSR count). The zero-order valence-corrected chi connectivity index (χ0v) is 45.5. The van der Waals surface area contributed by atoms with Gasteiger partial charge in [-0.1, -0.05) is 97.8 Å². The van der Waals surface area contributed by atoms with Crippen LogP contribution in [0.1, 0.15) is 93.7 Å². The summed E-state index contributed by atoms with van der Waals surface area (Å²) >= 11 is 0. The molecule has 2 heterocycles. The maximum absolute atomic E-state index is 12.9. The van der Waals surface area contributed by atoms with Gasteiger partial charge in [0.25, 0.3) is 0 Å². The second kappa shape index (κ2) is 22.4. The molecule has 0 unspecified atom stereocenters. The predicted octanol–water partition coefficient (Wildman–Crippen LogP) is 13.2. The van der Waals surface area contributed by atoms with Crippen molar-refractivity contribution in [3.8, 4) is 16.9 Å². The van der Waals surface area contributed by atoms with E-state index in [-0.39, 0.29) is 34.8 Å². The number of rotatable bonds is 21. The average Bonchev–Trinajstić information content (AvgIpc) is 3.72. The Morgan fingerprint density at radius 3 is 1.97 bits per heavy atom. The molecule has 6 aromatic carbocycles. The number of unbranched alkanes of at least 4 members (excludes halogenated alkanes) is 2. The van der Waals surface area contributed by atoms with Crippen LogP contribution in [-0.4, -0.2) is 77.1 Å². The Morgan fingerprint density at radius 1 is 0.685 bits per heavy atom. The number of sulfone groups is 1. The number of amides is 1. The highest BCUT2D eigenvalue weighted by Crippen LogP contribution is 2.51. The summed E-state index contributed by atoms with van der Waals surface area (Å²) in [7, 11) is -2.01. The van der Waals surface area contributed by atoms with Crippen molar-refractivity contribution in [3.63, 3.8) is 0 Å². The SMILES string of the molecule is CCN1\C(=C/C=C/C=C\C2=[N+](CCCCCC(=O)NCCOCCOCS(=O)(=O)c3ccc(-c4ccc(OC)cc4)cc3)c3ccc4c(C)cc(C)cc4c3C2(C)C)C(C)(C)c2c1ccc1c(C)cc(C)cc21. The van der Waals surface area contributed by atoms with Gasteiger partial charge in [-0.2, -0.15) is 4.58 Å². The minimum atomic E-state index is -3.62.